The van der Waals surface area contributed by atoms with Crippen molar-refractivity contribution in [1.29, 1.82) is 0 Å². The Hall–Kier alpha value is -5.01. The van der Waals surface area contributed by atoms with Gasteiger partial charge in [0.2, 0.25) is 0 Å². The highest BCUT2D eigenvalue weighted by molar-refractivity contribution is 6.21. The zero-order chi connectivity index (χ0) is 29.1. The van der Waals surface area contributed by atoms with Gasteiger partial charge < -0.3 is 0 Å². The maximum absolute atomic E-state index is 4.82. The van der Waals surface area contributed by atoms with Gasteiger partial charge in [-0.2, -0.15) is 0 Å². The summed E-state index contributed by atoms with van der Waals surface area (Å²) in [6, 6.07) is 50.0. The fourth-order valence-corrected chi connectivity index (χ4v) is 5.76. The molecule has 0 aliphatic heterocycles. The normalized spacial score (nSPS) is 10.9. The Labute approximate surface area is 248 Å². The van der Waals surface area contributed by atoms with Crippen LogP contribution < -0.4 is 0 Å². The standard InChI is InChI=1S/C34H27N.C7H8/c1-22(2)35-32-21-27(17-16-23(32)3)34-30-14-8-6-12-28(30)33(29-13-7-9-15-31(29)34)26-19-18-24-10-4-5-11-25(24)20-26;1-7-5-3-2-4-6-7/h4-21H,1-3H3;2-6H,1H3. The molecule has 0 aromatic heterocycles. The number of hydrogen-bond acceptors (Lipinski definition) is 1. The summed E-state index contributed by atoms with van der Waals surface area (Å²) in [4.78, 5) is 4.82. The van der Waals surface area contributed by atoms with Gasteiger partial charge in [0.1, 0.15) is 0 Å². The Kier molecular flexibility index (Phi) is 7.66. The van der Waals surface area contributed by atoms with Crippen molar-refractivity contribution in [1.82, 2.24) is 0 Å². The van der Waals surface area contributed by atoms with E-state index in [2.05, 4.69) is 149 Å². The van der Waals surface area contributed by atoms with Crippen molar-refractivity contribution in [2.24, 2.45) is 4.99 Å². The molecule has 0 spiro atoms. The van der Waals surface area contributed by atoms with Gasteiger partial charge in [0.15, 0.2) is 0 Å². The second-order valence-corrected chi connectivity index (χ2v) is 11.1. The third-order valence-corrected chi connectivity index (χ3v) is 7.75. The van der Waals surface area contributed by atoms with Crippen molar-refractivity contribution in [3.63, 3.8) is 0 Å². The molecule has 1 heteroatoms. The van der Waals surface area contributed by atoms with Crippen molar-refractivity contribution in [2.75, 3.05) is 0 Å². The van der Waals surface area contributed by atoms with Crippen LogP contribution in [0.25, 0.3) is 54.6 Å². The van der Waals surface area contributed by atoms with Crippen LogP contribution in [0.5, 0.6) is 0 Å². The molecule has 0 amide bonds. The van der Waals surface area contributed by atoms with Gasteiger partial charge in [-0.1, -0.05) is 133 Å². The minimum absolute atomic E-state index is 1.04. The highest BCUT2D eigenvalue weighted by Crippen LogP contribution is 2.44. The van der Waals surface area contributed by atoms with Gasteiger partial charge >= 0.3 is 0 Å². The van der Waals surface area contributed by atoms with Gasteiger partial charge in [-0.25, -0.2) is 0 Å². The van der Waals surface area contributed by atoms with Gasteiger partial charge in [0.05, 0.1) is 5.69 Å². The molecular formula is C41H35N. The van der Waals surface area contributed by atoms with Crippen LogP contribution in [0.15, 0.2) is 145 Å². The summed E-state index contributed by atoms with van der Waals surface area (Å²) < 4.78 is 0. The minimum atomic E-state index is 1.04. The van der Waals surface area contributed by atoms with E-state index in [9.17, 15) is 0 Å². The van der Waals surface area contributed by atoms with Crippen molar-refractivity contribution in [2.45, 2.75) is 27.7 Å². The van der Waals surface area contributed by atoms with Crippen molar-refractivity contribution < 1.29 is 0 Å². The molecule has 7 rings (SSSR count). The number of rotatable bonds is 3. The van der Waals surface area contributed by atoms with E-state index in [-0.39, 0.29) is 0 Å². The quantitative estimate of drug-likeness (QED) is 0.156. The second-order valence-electron chi connectivity index (χ2n) is 11.1. The van der Waals surface area contributed by atoms with Crippen LogP contribution >= 0.6 is 0 Å². The van der Waals surface area contributed by atoms with Crippen LogP contribution in [0.4, 0.5) is 5.69 Å². The zero-order valence-electron chi connectivity index (χ0n) is 24.7. The summed E-state index contributed by atoms with van der Waals surface area (Å²) >= 11 is 0. The number of aryl methyl sites for hydroxylation is 2. The van der Waals surface area contributed by atoms with Crippen LogP contribution in [0, 0.1) is 13.8 Å². The van der Waals surface area contributed by atoms with Crippen LogP contribution in [0.1, 0.15) is 25.0 Å². The topological polar surface area (TPSA) is 12.4 Å². The first-order valence-corrected chi connectivity index (χ1v) is 14.6. The van der Waals surface area contributed by atoms with E-state index in [0.717, 1.165) is 11.4 Å². The highest BCUT2D eigenvalue weighted by atomic mass is 14.7. The SMILES string of the molecule is CC(C)=Nc1cc(-c2c3ccccc3c(-c3ccc4ccccc4c3)c3ccccc23)ccc1C.Cc1ccccc1. The monoisotopic (exact) mass is 541 g/mol. The average molecular weight is 542 g/mol. The van der Waals surface area contributed by atoms with E-state index in [4.69, 9.17) is 4.99 Å². The summed E-state index contributed by atoms with van der Waals surface area (Å²) in [5.74, 6) is 0. The number of benzene rings is 7. The molecule has 7 aromatic rings. The van der Waals surface area contributed by atoms with Gasteiger partial charge in [-0.3, -0.25) is 4.99 Å². The van der Waals surface area contributed by atoms with Gasteiger partial charge in [0.25, 0.3) is 0 Å². The highest BCUT2D eigenvalue weighted by Gasteiger charge is 2.17. The Morgan fingerprint density at radius 1 is 0.452 bits per heavy atom. The van der Waals surface area contributed by atoms with Gasteiger partial charge in [-0.05, 0) is 100.0 Å². The Bertz CT molecular complexity index is 2000. The van der Waals surface area contributed by atoms with Crippen molar-refractivity contribution in [3.05, 3.63) is 151 Å². The largest absolute Gasteiger partial charge is 0.258 e. The van der Waals surface area contributed by atoms with Crippen molar-refractivity contribution in [3.8, 4) is 22.3 Å². The van der Waals surface area contributed by atoms with Crippen LogP contribution in [-0.4, -0.2) is 5.71 Å². The fourth-order valence-electron chi connectivity index (χ4n) is 5.76. The summed E-state index contributed by atoms with van der Waals surface area (Å²) in [6.45, 7) is 8.31. The van der Waals surface area contributed by atoms with Crippen LogP contribution in [-0.2, 0) is 0 Å². The first kappa shape index (κ1) is 27.2. The lowest BCUT2D eigenvalue weighted by molar-refractivity contribution is 1.38. The van der Waals surface area contributed by atoms with Gasteiger partial charge in [0, 0.05) is 5.71 Å². The van der Waals surface area contributed by atoms with E-state index in [1.54, 1.807) is 0 Å². The van der Waals surface area contributed by atoms with Crippen LogP contribution in [0.2, 0.25) is 0 Å². The van der Waals surface area contributed by atoms with E-state index in [0.29, 0.717) is 0 Å². The second kappa shape index (κ2) is 11.8. The van der Waals surface area contributed by atoms with E-state index >= 15 is 0 Å². The number of aliphatic imine (C=N–C) groups is 1. The summed E-state index contributed by atoms with van der Waals surface area (Å²) in [6.07, 6.45) is 0. The summed E-state index contributed by atoms with van der Waals surface area (Å²) in [5.41, 5.74) is 9.62. The molecule has 0 aliphatic carbocycles. The lowest BCUT2D eigenvalue weighted by Gasteiger charge is -2.18. The maximum atomic E-state index is 4.82. The maximum Gasteiger partial charge on any atom is 0.0664 e. The van der Waals surface area contributed by atoms with Crippen molar-refractivity contribution >= 4 is 43.7 Å². The molecule has 0 saturated heterocycles. The van der Waals surface area contributed by atoms with Gasteiger partial charge in [-0.15, -0.1) is 0 Å². The Morgan fingerprint density at radius 2 is 0.929 bits per heavy atom. The van der Waals surface area contributed by atoms with E-state index in [1.807, 2.05) is 18.2 Å². The molecule has 204 valence electrons. The predicted octanol–water partition coefficient (Wildman–Crippen LogP) is 11.9. The molecular weight excluding hydrogens is 506 g/mol. The van der Waals surface area contributed by atoms with Crippen LogP contribution in [0.3, 0.4) is 0 Å². The molecule has 42 heavy (non-hydrogen) atoms. The Balaban J connectivity index is 0.000000397. The molecule has 0 heterocycles. The molecule has 0 radical (unpaired) electrons. The fraction of sp³-hybridized carbons (Fsp3) is 0.0976. The Morgan fingerprint density at radius 3 is 1.45 bits per heavy atom. The lowest BCUT2D eigenvalue weighted by atomic mass is 9.85. The third-order valence-electron chi connectivity index (χ3n) is 7.75. The molecule has 0 saturated carbocycles. The molecule has 0 atom stereocenters. The average Bonchev–Trinajstić information content (AvgIpc) is 3.01. The molecule has 1 nitrogen and oxygen atoms in total. The molecule has 0 bridgehead atoms. The van der Waals surface area contributed by atoms with E-state index in [1.165, 1.54) is 65.7 Å². The number of nitrogens with zero attached hydrogens (tertiary/aromatic N) is 1. The smallest absolute Gasteiger partial charge is 0.0664 e. The summed E-state index contributed by atoms with van der Waals surface area (Å²) in [7, 11) is 0. The predicted molar refractivity (Wildman–Crippen MR) is 184 cm³/mol. The molecule has 0 N–H and O–H groups in total. The third kappa shape index (κ3) is 5.47. The molecule has 0 fully saturated rings. The number of fused-ring (bicyclic) bond motifs is 3. The number of hydrogen-bond donors (Lipinski definition) is 0. The van der Waals surface area contributed by atoms with E-state index < -0.39 is 0 Å². The zero-order valence-corrected chi connectivity index (χ0v) is 24.7. The lowest BCUT2D eigenvalue weighted by Crippen LogP contribution is -1.91. The molecule has 0 aliphatic rings. The first-order valence-electron chi connectivity index (χ1n) is 14.6. The molecule has 0 unspecified atom stereocenters. The molecule has 7 aromatic carbocycles. The summed E-state index contributed by atoms with van der Waals surface area (Å²) in [5, 5.41) is 7.60. The minimum Gasteiger partial charge on any atom is -0.258 e. The first-order chi connectivity index (χ1) is 20.5.